The van der Waals surface area contributed by atoms with Gasteiger partial charge in [-0.25, -0.2) is 8.42 Å². The summed E-state index contributed by atoms with van der Waals surface area (Å²) in [5.41, 5.74) is 0.708. The maximum atomic E-state index is 12.8. The largest absolute Gasteiger partial charge is 0.573 e. The molecule has 1 aliphatic rings. The topological polar surface area (TPSA) is 103 Å². The molecule has 0 bridgehead atoms. The number of sulfonamides is 1. The number of carbonyl (C=O) groups excluding carboxylic acids is 1. The van der Waals surface area contributed by atoms with Crippen molar-refractivity contribution in [2.45, 2.75) is 17.8 Å². The molecule has 1 aliphatic heterocycles. The molecule has 1 heterocycles. The van der Waals surface area contributed by atoms with Gasteiger partial charge in [0.2, 0.25) is 6.79 Å². The lowest BCUT2D eigenvalue weighted by Crippen LogP contribution is -2.25. The van der Waals surface area contributed by atoms with Gasteiger partial charge in [-0.1, -0.05) is 24.3 Å². The lowest BCUT2D eigenvalue weighted by Gasteiger charge is -2.14. The predicted octanol–water partition coefficient (Wildman–Crippen LogP) is 4.04. The summed E-state index contributed by atoms with van der Waals surface area (Å²) in [6.45, 7) is 0.247. The van der Waals surface area contributed by atoms with E-state index in [1.165, 1.54) is 18.2 Å². The van der Waals surface area contributed by atoms with E-state index in [1.54, 1.807) is 24.3 Å². The molecule has 2 N–H and O–H groups in total. The third kappa shape index (κ3) is 5.52. The van der Waals surface area contributed by atoms with Gasteiger partial charge in [-0.3, -0.25) is 9.52 Å². The number of hydrogen-bond donors (Lipinski definition) is 2. The molecule has 0 unspecified atom stereocenters. The molecule has 0 spiro atoms. The SMILES string of the molecule is O=C(NCc1ccc2c(c1)OCO2)c1ccccc1NS(=O)(=O)c1cccc(OC(F)(F)F)c1. The van der Waals surface area contributed by atoms with E-state index >= 15 is 0 Å². The van der Waals surface area contributed by atoms with E-state index in [2.05, 4.69) is 14.8 Å². The molecule has 0 aliphatic carbocycles. The number of ether oxygens (including phenoxy) is 3. The highest BCUT2D eigenvalue weighted by molar-refractivity contribution is 7.92. The molecule has 12 heteroatoms. The number of para-hydroxylation sites is 1. The predicted molar refractivity (Wildman–Crippen MR) is 114 cm³/mol. The lowest BCUT2D eigenvalue weighted by molar-refractivity contribution is -0.274. The van der Waals surface area contributed by atoms with Crippen LogP contribution in [0.5, 0.6) is 17.2 Å². The van der Waals surface area contributed by atoms with Gasteiger partial charge in [0.05, 0.1) is 16.1 Å². The standard InChI is InChI=1S/C22H17F3N2O6S/c23-22(24,25)33-15-4-3-5-16(11-15)34(29,30)27-18-7-2-1-6-17(18)21(28)26-12-14-8-9-19-20(10-14)32-13-31-19/h1-11,27H,12-13H2,(H,26,28). The van der Waals surface area contributed by atoms with Crippen LogP contribution in [0.1, 0.15) is 15.9 Å². The number of alkyl halides is 3. The zero-order valence-corrected chi connectivity index (χ0v) is 18.1. The van der Waals surface area contributed by atoms with E-state index < -0.39 is 32.9 Å². The van der Waals surface area contributed by atoms with Crippen molar-refractivity contribution in [3.63, 3.8) is 0 Å². The number of halogens is 3. The molecule has 3 aromatic rings. The highest BCUT2D eigenvalue weighted by Crippen LogP contribution is 2.32. The molecular weight excluding hydrogens is 477 g/mol. The highest BCUT2D eigenvalue weighted by Gasteiger charge is 2.31. The summed E-state index contributed by atoms with van der Waals surface area (Å²) in [4.78, 5) is 12.3. The summed E-state index contributed by atoms with van der Waals surface area (Å²) in [6, 6.07) is 14.9. The van der Waals surface area contributed by atoms with Crippen LogP contribution in [0.3, 0.4) is 0 Å². The fourth-order valence-electron chi connectivity index (χ4n) is 3.14. The van der Waals surface area contributed by atoms with Gasteiger partial charge in [-0.05, 0) is 42.0 Å². The molecule has 0 radical (unpaired) electrons. The number of benzene rings is 3. The molecule has 1 amide bonds. The quantitative estimate of drug-likeness (QED) is 0.514. The molecule has 0 saturated carbocycles. The average molecular weight is 494 g/mol. The van der Waals surface area contributed by atoms with Crippen molar-refractivity contribution in [3.8, 4) is 17.2 Å². The van der Waals surface area contributed by atoms with Crippen LogP contribution in [0.15, 0.2) is 71.6 Å². The fourth-order valence-corrected chi connectivity index (χ4v) is 4.26. The number of rotatable bonds is 7. The van der Waals surface area contributed by atoms with E-state index in [0.717, 1.165) is 29.8 Å². The van der Waals surface area contributed by atoms with Crippen LogP contribution in [-0.2, 0) is 16.6 Å². The van der Waals surface area contributed by atoms with Gasteiger partial charge in [-0.15, -0.1) is 13.2 Å². The Hall–Kier alpha value is -3.93. The molecule has 8 nitrogen and oxygen atoms in total. The summed E-state index contributed by atoms with van der Waals surface area (Å²) in [5.74, 6) is -0.105. The Bertz CT molecular complexity index is 1330. The second-order valence-corrected chi connectivity index (χ2v) is 8.73. The molecule has 0 atom stereocenters. The van der Waals surface area contributed by atoms with Crippen molar-refractivity contribution >= 4 is 21.6 Å². The van der Waals surface area contributed by atoms with Crippen LogP contribution < -0.4 is 24.2 Å². The van der Waals surface area contributed by atoms with E-state index in [1.807, 2.05) is 0 Å². The molecule has 0 aromatic heterocycles. The minimum Gasteiger partial charge on any atom is -0.454 e. The number of amides is 1. The Kier molecular flexibility index (Phi) is 6.24. The van der Waals surface area contributed by atoms with Crippen molar-refractivity contribution in [2.75, 3.05) is 11.5 Å². The van der Waals surface area contributed by atoms with Crippen LogP contribution in [0, 0.1) is 0 Å². The lowest BCUT2D eigenvalue weighted by atomic mass is 10.1. The van der Waals surface area contributed by atoms with E-state index in [-0.39, 0.29) is 24.6 Å². The van der Waals surface area contributed by atoms with Crippen LogP contribution in [0.25, 0.3) is 0 Å². The monoisotopic (exact) mass is 494 g/mol. The Morgan fingerprint density at radius 1 is 0.971 bits per heavy atom. The molecule has 4 rings (SSSR count). The molecular formula is C22H17F3N2O6S. The summed E-state index contributed by atoms with van der Waals surface area (Å²) in [5, 5.41) is 2.69. The minimum absolute atomic E-state index is 0.0227. The van der Waals surface area contributed by atoms with E-state index in [0.29, 0.717) is 11.5 Å². The van der Waals surface area contributed by atoms with Gasteiger partial charge in [0.25, 0.3) is 15.9 Å². The first-order valence-electron chi connectivity index (χ1n) is 9.75. The van der Waals surface area contributed by atoms with E-state index in [9.17, 15) is 26.4 Å². The summed E-state index contributed by atoms with van der Waals surface area (Å²) < 4.78 is 79.5. The third-order valence-corrected chi connectivity index (χ3v) is 6.02. The number of hydrogen-bond acceptors (Lipinski definition) is 6. The summed E-state index contributed by atoms with van der Waals surface area (Å²) >= 11 is 0. The van der Waals surface area contributed by atoms with Crippen molar-refractivity contribution in [1.82, 2.24) is 5.32 Å². The zero-order valence-electron chi connectivity index (χ0n) is 17.3. The van der Waals surface area contributed by atoms with Gasteiger partial charge >= 0.3 is 6.36 Å². The molecule has 178 valence electrons. The molecule has 0 fully saturated rings. The highest BCUT2D eigenvalue weighted by atomic mass is 32.2. The van der Waals surface area contributed by atoms with Gasteiger partial charge < -0.3 is 19.5 Å². The fraction of sp³-hybridized carbons (Fsp3) is 0.136. The van der Waals surface area contributed by atoms with Crippen LogP contribution in [0.2, 0.25) is 0 Å². The minimum atomic E-state index is -4.97. The molecule has 0 saturated heterocycles. The first-order valence-corrected chi connectivity index (χ1v) is 11.2. The average Bonchev–Trinajstić information content (AvgIpc) is 3.24. The maximum absolute atomic E-state index is 12.8. The van der Waals surface area contributed by atoms with Crippen LogP contribution >= 0.6 is 0 Å². The molecule has 34 heavy (non-hydrogen) atoms. The van der Waals surface area contributed by atoms with Gasteiger partial charge in [0.15, 0.2) is 11.5 Å². The van der Waals surface area contributed by atoms with Gasteiger partial charge in [0.1, 0.15) is 5.75 Å². The summed E-state index contributed by atoms with van der Waals surface area (Å²) in [6.07, 6.45) is -4.97. The second-order valence-electron chi connectivity index (χ2n) is 7.04. The van der Waals surface area contributed by atoms with E-state index in [4.69, 9.17) is 9.47 Å². The normalized spacial score (nSPS) is 12.8. The van der Waals surface area contributed by atoms with Gasteiger partial charge in [-0.2, -0.15) is 0 Å². The Morgan fingerprint density at radius 2 is 1.74 bits per heavy atom. The first kappa shape index (κ1) is 23.2. The Balaban J connectivity index is 1.49. The number of carbonyl (C=O) groups is 1. The van der Waals surface area contributed by atoms with Crippen molar-refractivity contribution < 1.29 is 40.6 Å². The third-order valence-electron chi connectivity index (χ3n) is 4.66. The Morgan fingerprint density at radius 3 is 2.53 bits per heavy atom. The molecule has 3 aromatic carbocycles. The van der Waals surface area contributed by atoms with Crippen molar-refractivity contribution in [2.24, 2.45) is 0 Å². The smallest absolute Gasteiger partial charge is 0.454 e. The van der Waals surface area contributed by atoms with Gasteiger partial charge in [0, 0.05) is 12.6 Å². The van der Waals surface area contributed by atoms with Crippen LogP contribution in [-0.4, -0.2) is 27.5 Å². The van der Waals surface area contributed by atoms with Crippen molar-refractivity contribution in [1.29, 1.82) is 0 Å². The maximum Gasteiger partial charge on any atom is 0.573 e. The second kappa shape index (κ2) is 9.14. The van der Waals surface area contributed by atoms with Crippen LogP contribution in [0.4, 0.5) is 18.9 Å². The Labute approximate surface area is 192 Å². The number of nitrogens with one attached hydrogen (secondary N) is 2. The zero-order chi connectivity index (χ0) is 24.3. The summed E-state index contributed by atoms with van der Waals surface area (Å²) in [7, 11) is -4.33. The first-order chi connectivity index (χ1) is 16.1. The number of fused-ring (bicyclic) bond motifs is 1. The number of anilines is 1. The van der Waals surface area contributed by atoms with Crippen molar-refractivity contribution in [3.05, 3.63) is 77.9 Å².